The Balaban J connectivity index is 1.69. The van der Waals surface area contributed by atoms with Crippen LogP contribution < -0.4 is 10.9 Å². The predicted molar refractivity (Wildman–Crippen MR) is 73.0 cm³/mol. The number of aromatic nitrogens is 2. The third-order valence-electron chi connectivity index (χ3n) is 3.41. The van der Waals surface area contributed by atoms with Crippen LogP contribution >= 0.6 is 0 Å². The first-order valence-corrected chi connectivity index (χ1v) is 6.59. The lowest BCUT2D eigenvalue weighted by atomic mass is 10.1. The van der Waals surface area contributed by atoms with Gasteiger partial charge in [-0.3, -0.25) is 4.79 Å². The van der Waals surface area contributed by atoms with Crippen molar-refractivity contribution in [1.29, 1.82) is 0 Å². The second-order valence-electron chi connectivity index (χ2n) is 4.89. The minimum Gasteiger partial charge on any atom is -0.381 e. The summed E-state index contributed by atoms with van der Waals surface area (Å²) in [7, 11) is 0. The van der Waals surface area contributed by atoms with Crippen LogP contribution in [0.3, 0.4) is 0 Å². The summed E-state index contributed by atoms with van der Waals surface area (Å²) in [6.07, 6.45) is 1.11. The molecule has 3 rings (SSSR count). The molecular formula is C14H17N3O2. The quantitative estimate of drug-likeness (QED) is 0.861. The second kappa shape index (κ2) is 5.50. The Labute approximate surface area is 111 Å². The fourth-order valence-electron chi connectivity index (χ4n) is 2.36. The average Bonchev–Trinajstić information content (AvgIpc) is 2.92. The highest BCUT2D eigenvalue weighted by Gasteiger charge is 2.14. The Morgan fingerprint density at radius 3 is 3.16 bits per heavy atom. The molecule has 5 heteroatoms. The number of rotatable bonds is 4. The minimum atomic E-state index is -0.0772. The number of hydrogen-bond acceptors (Lipinski definition) is 4. The standard InChI is InChI=1S/C14H17N3O2/c18-14-11-3-1-2-4-12(11)16-13(17-14)8-15-7-10-5-6-19-9-10/h1-4,10,15H,5-9H2,(H,16,17,18). The van der Waals surface area contributed by atoms with Crippen LogP contribution in [0.15, 0.2) is 29.1 Å². The summed E-state index contributed by atoms with van der Waals surface area (Å²) in [5.74, 6) is 1.26. The number of aromatic amines is 1. The fraction of sp³-hybridized carbons (Fsp3) is 0.429. The van der Waals surface area contributed by atoms with Crippen LogP contribution in [0, 0.1) is 5.92 Å². The van der Waals surface area contributed by atoms with Gasteiger partial charge in [0.2, 0.25) is 0 Å². The molecule has 0 radical (unpaired) electrons. The molecule has 0 spiro atoms. The van der Waals surface area contributed by atoms with Crippen molar-refractivity contribution >= 4 is 10.9 Å². The number of H-pyrrole nitrogens is 1. The van der Waals surface area contributed by atoms with Gasteiger partial charge in [0.25, 0.3) is 5.56 Å². The van der Waals surface area contributed by atoms with E-state index in [1.165, 1.54) is 0 Å². The average molecular weight is 259 g/mol. The van der Waals surface area contributed by atoms with Crippen molar-refractivity contribution in [2.45, 2.75) is 13.0 Å². The molecule has 2 N–H and O–H groups in total. The fourth-order valence-corrected chi connectivity index (χ4v) is 2.36. The molecule has 2 aromatic rings. The van der Waals surface area contributed by atoms with Gasteiger partial charge in [0.15, 0.2) is 0 Å². The summed E-state index contributed by atoms with van der Waals surface area (Å²) in [6, 6.07) is 7.38. The van der Waals surface area contributed by atoms with E-state index in [9.17, 15) is 4.79 Å². The third-order valence-corrected chi connectivity index (χ3v) is 3.41. The molecule has 19 heavy (non-hydrogen) atoms. The zero-order chi connectivity index (χ0) is 13.1. The van der Waals surface area contributed by atoms with Crippen LogP contribution in [0.2, 0.25) is 0 Å². The largest absolute Gasteiger partial charge is 0.381 e. The monoisotopic (exact) mass is 259 g/mol. The number of para-hydroxylation sites is 1. The molecule has 1 aliphatic rings. The van der Waals surface area contributed by atoms with Crippen LogP contribution in [-0.4, -0.2) is 29.7 Å². The molecule has 1 atom stereocenters. The number of fused-ring (bicyclic) bond motifs is 1. The zero-order valence-electron chi connectivity index (χ0n) is 10.7. The van der Waals surface area contributed by atoms with Crippen molar-refractivity contribution < 1.29 is 4.74 Å². The molecule has 1 unspecified atom stereocenters. The first kappa shape index (κ1) is 12.3. The van der Waals surface area contributed by atoms with Gasteiger partial charge in [0.05, 0.1) is 24.1 Å². The second-order valence-corrected chi connectivity index (χ2v) is 4.89. The van der Waals surface area contributed by atoms with Crippen LogP contribution in [0.25, 0.3) is 10.9 Å². The summed E-state index contributed by atoms with van der Waals surface area (Å²) in [5, 5.41) is 3.96. The molecule has 1 aliphatic heterocycles. The van der Waals surface area contributed by atoms with Gasteiger partial charge < -0.3 is 15.0 Å². The molecule has 0 bridgehead atoms. The van der Waals surface area contributed by atoms with Gasteiger partial charge in [-0.25, -0.2) is 4.98 Å². The van der Waals surface area contributed by atoms with Crippen LogP contribution in [0.5, 0.6) is 0 Å². The molecule has 2 heterocycles. The van der Waals surface area contributed by atoms with E-state index in [0.717, 1.165) is 31.7 Å². The van der Waals surface area contributed by atoms with Gasteiger partial charge in [0.1, 0.15) is 5.82 Å². The van der Waals surface area contributed by atoms with E-state index >= 15 is 0 Å². The lowest BCUT2D eigenvalue weighted by Crippen LogP contribution is -2.25. The Morgan fingerprint density at radius 2 is 2.32 bits per heavy atom. The minimum absolute atomic E-state index is 0.0772. The van der Waals surface area contributed by atoms with Gasteiger partial charge in [0, 0.05) is 13.2 Å². The van der Waals surface area contributed by atoms with Crippen molar-refractivity contribution in [3.8, 4) is 0 Å². The Hall–Kier alpha value is -1.72. The molecule has 5 nitrogen and oxygen atoms in total. The number of hydrogen-bond donors (Lipinski definition) is 2. The highest BCUT2D eigenvalue weighted by atomic mass is 16.5. The summed E-state index contributed by atoms with van der Waals surface area (Å²) in [4.78, 5) is 19.1. The summed E-state index contributed by atoms with van der Waals surface area (Å²) >= 11 is 0. The van der Waals surface area contributed by atoms with Crippen LogP contribution in [-0.2, 0) is 11.3 Å². The SMILES string of the molecule is O=c1[nH]c(CNCC2CCOC2)nc2ccccc12. The van der Waals surface area contributed by atoms with Crippen molar-refractivity contribution in [2.75, 3.05) is 19.8 Å². The molecule has 0 saturated carbocycles. The topological polar surface area (TPSA) is 67.0 Å². The van der Waals surface area contributed by atoms with Gasteiger partial charge in [-0.1, -0.05) is 12.1 Å². The maximum Gasteiger partial charge on any atom is 0.258 e. The first-order valence-electron chi connectivity index (χ1n) is 6.59. The molecule has 1 fully saturated rings. The maximum atomic E-state index is 11.9. The van der Waals surface area contributed by atoms with E-state index in [-0.39, 0.29) is 5.56 Å². The molecule has 100 valence electrons. The van der Waals surface area contributed by atoms with Gasteiger partial charge in [-0.2, -0.15) is 0 Å². The number of nitrogens with zero attached hydrogens (tertiary/aromatic N) is 1. The van der Waals surface area contributed by atoms with Crippen LogP contribution in [0.4, 0.5) is 0 Å². The highest BCUT2D eigenvalue weighted by molar-refractivity contribution is 5.77. The lowest BCUT2D eigenvalue weighted by Gasteiger charge is -2.09. The molecule has 0 amide bonds. The van der Waals surface area contributed by atoms with Crippen molar-refractivity contribution in [3.63, 3.8) is 0 Å². The number of ether oxygens (including phenoxy) is 1. The van der Waals surface area contributed by atoms with Crippen molar-refractivity contribution in [2.24, 2.45) is 5.92 Å². The molecule has 1 saturated heterocycles. The van der Waals surface area contributed by atoms with Gasteiger partial charge >= 0.3 is 0 Å². The van der Waals surface area contributed by atoms with Crippen molar-refractivity contribution in [1.82, 2.24) is 15.3 Å². The van der Waals surface area contributed by atoms with Crippen molar-refractivity contribution in [3.05, 3.63) is 40.4 Å². The predicted octanol–water partition coefficient (Wildman–Crippen LogP) is 1.05. The third kappa shape index (κ3) is 2.83. The highest BCUT2D eigenvalue weighted by Crippen LogP contribution is 2.11. The van der Waals surface area contributed by atoms with E-state index in [0.29, 0.717) is 23.7 Å². The summed E-state index contributed by atoms with van der Waals surface area (Å²) in [5.41, 5.74) is 0.666. The van der Waals surface area contributed by atoms with E-state index in [1.54, 1.807) is 6.07 Å². The normalized spacial score (nSPS) is 19.1. The summed E-state index contributed by atoms with van der Waals surface area (Å²) in [6.45, 7) is 3.17. The van der Waals surface area contributed by atoms with E-state index in [4.69, 9.17) is 4.74 Å². The van der Waals surface area contributed by atoms with E-state index in [2.05, 4.69) is 15.3 Å². The van der Waals surface area contributed by atoms with Crippen LogP contribution in [0.1, 0.15) is 12.2 Å². The smallest absolute Gasteiger partial charge is 0.258 e. The number of nitrogens with one attached hydrogen (secondary N) is 2. The molecule has 1 aromatic heterocycles. The Kier molecular flexibility index (Phi) is 3.57. The molecular weight excluding hydrogens is 242 g/mol. The number of benzene rings is 1. The first-order chi connectivity index (χ1) is 9.33. The Morgan fingerprint density at radius 1 is 1.42 bits per heavy atom. The van der Waals surface area contributed by atoms with E-state index < -0.39 is 0 Å². The lowest BCUT2D eigenvalue weighted by molar-refractivity contribution is 0.185. The van der Waals surface area contributed by atoms with E-state index in [1.807, 2.05) is 18.2 Å². The molecule has 0 aliphatic carbocycles. The van der Waals surface area contributed by atoms with Gasteiger partial charge in [-0.15, -0.1) is 0 Å². The Bertz CT molecular complexity index is 617. The maximum absolute atomic E-state index is 11.9. The van der Waals surface area contributed by atoms with Gasteiger partial charge in [-0.05, 0) is 24.5 Å². The molecule has 1 aromatic carbocycles. The summed E-state index contributed by atoms with van der Waals surface area (Å²) < 4.78 is 5.32. The zero-order valence-corrected chi connectivity index (χ0v) is 10.7.